The highest BCUT2D eigenvalue weighted by Crippen LogP contribution is 2.21. The van der Waals surface area contributed by atoms with Crippen LogP contribution in [0.2, 0.25) is 0 Å². The second-order valence-corrected chi connectivity index (χ2v) is 4.82. The minimum absolute atomic E-state index is 0.0489. The third kappa shape index (κ3) is 2.01. The second kappa shape index (κ2) is 4.76. The van der Waals surface area contributed by atoms with Gasteiger partial charge in [0.05, 0.1) is 5.69 Å². The van der Waals surface area contributed by atoms with E-state index in [2.05, 4.69) is 20.8 Å². The van der Waals surface area contributed by atoms with E-state index in [1.165, 1.54) is 0 Å². The van der Waals surface area contributed by atoms with Crippen molar-refractivity contribution in [3.8, 4) is 0 Å². The fraction of sp³-hybridized carbons (Fsp3) is 0.750. The Kier molecular flexibility index (Phi) is 3.83. The molecule has 16 heavy (non-hydrogen) atoms. The summed E-state index contributed by atoms with van der Waals surface area (Å²) in [5.41, 5.74) is 7.26. The van der Waals surface area contributed by atoms with Crippen molar-refractivity contribution in [2.75, 3.05) is 5.73 Å². The maximum absolute atomic E-state index is 12.0. The number of anilines is 1. The Hall–Kier alpha value is -1.19. The Morgan fingerprint density at radius 3 is 2.19 bits per heavy atom. The fourth-order valence-corrected chi connectivity index (χ4v) is 2.16. The Labute approximate surface area is 97.0 Å². The number of aromatic nitrogens is 2. The van der Waals surface area contributed by atoms with Crippen LogP contribution in [-0.2, 0) is 6.54 Å². The zero-order chi connectivity index (χ0) is 12.5. The van der Waals surface area contributed by atoms with Gasteiger partial charge in [-0.2, -0.15) is 0 Å². The highest BCUT2D eigenvalue weighted by Gasteiger charge is 2.20. The zero-order valence-electron chi connectivity index (χ0n) is 10.9. The molecule has 0 spiro atoms. The summed E-state index contributed by atoms with van der Waals surface area (Å²) in [5.74, 6) is 0.277. The van der Waals surface area contributed by atoms with Crippen LogP contribution in [0.4, 0.5) is 5.69 Å². The minimum Gasteiger partial charge on any atom is -0.393 e. The lowest BCUT2D eigenvalue weighted by molar-refractivity contribution is 0.382. The predicted molar refractivity (Wildman–Crippen MR) is 67.9 cm³/mol. The van der Waals surface area contributed by atoms with E-state index in [-0.39, 0.29) is 17.5 Å². The zero-order valence-corrected chi connectivity index (χ0v) is 10.9. The molecule has 1 heterocycles. The van der Waals surface area contributed by atoms with Crippen molar-refractivity contribution in [1.29, 1.82) is 0 Å². The van der Waals surface area contributed by atoms with Crippen molar-refractivity contribution in [3.63, 3.8) is 0 Å². The Morgan fingerprint density at radius 2 is 1.81 bits per heavy atom. The molecule has 0 bridgehead atoms. The first-order valence-corrected chi connectivity index (χ1v) is 6.02. The first-order valence-electron chi connectivity index (χ1n) is 6.02. The maximum atomic E-state index is 12.0. The lowest BCUT2D eigenvalue weighted by Crippen LogP contribution is -2.26. The van der Waals surface area contributed by atoms with Crippen LogP contribution < -0.4 is 11.3 Å². The van der Waals surface area contributed by atoms with Crippen molar-refractivity contribution < 1.29 is 0 Å². The van der Waals surface area contributed by atoms with Gasteiger partial charge < -0.3 is 5.73 Å². The summed E-state index contributed by atoms with van der Waals surface area (Å²) in [4.78, 5) is 12.0. The molecule has 4 heteroatoms. The number of nitrogen functional groups attached to an aromatic ring is 1. The van der Waals surface area contributed by atoms with Crippen molar-refractivity contribution in [1.82, 2.24) is 9.36 Å². The van der Waals surface area contributed by atoms with Crippen molar-refractivity contribution >= 4 is 5.69 Å². The monoisotopic (exact) mass is 225 g/mol. The van der Waals surface area contributed by atoms with Crippen LogP contribution in [0.3, 0.4) is 0 Å². The summed E-state index contributed by atoms with van der Waals surface area (Å²) in [6, 6.07) is 0.147. The molecule has 0 aliphatic carbocycles. The van der Waals surface area contributed by atoms with Crippen molar-refractivity contribution in [3.05, 3.63) is 16.0 Å². The minimum atomic E-state index is -0.0489. The van der Waals surface area contributed by atoms with Gasteiger partial charge in [-0.1, -0.05) is 20.8 Å². The molecule has 0 aliphatic heterocycles. The fourth-order valence-electron chi connectivity index (χ4n) is 2.16. The average Bonchev–Trinajstić information content (AvgIpc) is 2.39. The van der Waals surface area contributed by atoms with Gasteiger partial charge in [0.25, 0.3) is 5.56 Å². The summed E-state index contributed by atoms with van der Waals surface area (Å²) in [6.45, 7) is 11.1. The SMILES string of the molecule is CCCn1c(C(C)C)c(N)c(=O)n1C(C)C. The van der Waals surface area contributed by atoms with E-state index in [9.17, 15) is 4.79 Å². The summed E-state index contributed by atoms with van der Waals surface area (Å²) in [6.07, 6.45) is 1.00. The van der Waals surface area contributed by atoms with Crippen LogP contribution in [0.25, 0.3) is 0 Å². The molecule has 92 valence electrons. The molecule has 1 aromatic rings. The standard InChI is InChI=1S/C12H23N3O/c1-6-7-14-11(8(2)3)10(13)12(16)15(14)9(4)5/h8-9H,6-7,13H2,1-5H3. The third-order valence-electron chi connectivity index (χ3n) is 2.72. The van der Waals surface area contributed by atoms with Crippen LogP contribution in [0.5, 0.6) is 0 Å². The Balaban J connectivity index is 3.49. The van der Waals surface area contributed by atoms with E-state index < -0.39 is 0 Å². The van der Waals surface area contributed by atoms with E-state index in [0.29, 0.717) is 5.69 Å². The van der Waals surface area contributed by atoms with E-state index >= 15 is 0 Å². The molecule has 0 aliphatic rings. The van der Waals surface area contributed by atoms with Crippen LogP contribution in [0.15, 0.2) is 4.79 Å². The molecule has 0 fully saturated rings. The van der Waals surface area contributed by atoms with Gasteiger partial charge >= 0.3 is 0 Å². The van der Waals surface area contributed by atoms with E-state index in [1.807, 2.05) is 18.5 Å². The molecule has 0 saturated carbocycles. The number of nitrogens with zero attached hydrogens (tertiary/aromatic N) is 2. The van der Waals surface area contributed by atoms with Crippen molar-refractivity contribution in [2.24, 2.45) is 0 Å². The highest BCUT2D eigenvalue weighted by atomic mass is 16.1. The van der Waals surface area contributed by atoms with Gasteiger partial charge in [-0.25, -0.2) is 4.68 Å². The van der Waals surface area contributed by atoms with Crippen LogP contribution >= 0.6 is 0 Å². The summed E-state index contributed by atoms with van der Waals surface area (Å²) in [5, 5.41) is 0. The summed E-state index contributed by atoms with van der Waals surface area (Å²) < 4.78 is 3.82. The average molecular weight is 225 g/mol. The van der Waals surface area contributed by atoms with E-state index in [4.69, 9.17) is 5.73 Å². The molecular formula is C12H23N3O. The van der Waals surface area contributed by atoms with Gasteiger partial charge in [0.15, 0.2) is 0 Å². The Morgan fingerprint density at radius 1 is 1.25 bits per heavy atom. The first kappa shape index (κ1) is 12.9. The van der Waals surface area contributed by atoms with Gasteiger partial charge in [-0.05, 0) is 26.2 Å². The number of hydrogen-bond donors (Lipinski definition) is 1. The number of hydrogen-bond acceptors (Lipinski definition) is 2. The lowest BCUT2D eigenvalue weighted by Gasteiger charge is -2.18. The normalized spacial score (nSPS) is 11.7. The van der Waals surface area contributed by atoms with Crippen molar-refractivity contribution in [2.45, 2.75) is 59.5 Å². The maximum Gasteiger partial charge on any atom is 0.290 e. The molecule has 1 rings (SSSR count). The quantitative estimate of drug-likeness (QED) is 0.855. The smallest absolute Gasteiger partial charge is 0.290 e. The number of nitrogens with two attached hydrogens (primary N) is 1. The molecule has 0 amide bonds. The summed E-state index contributed by atoms with van der Waals surface area (Å²) >= 11 is 0. The molecule has 0 radical (unpaired) electrons. The van der Waals surface area contributed by atoms with Gasteiger partial charge in [0, 0.05) is 12.6 Å². The van der Waals surface area contributed by atoms with Gasteiger partial charge in [0.2, 0.25) is 0 Å². The van der Waals surface area contributed by atoms with Crippen LogP contribution in [-0.4, -0.2) is 9.36 Å². The molecule has 0 atom stereocenters. The first-order chi connectivity index (χ1) is 7.41. The van der Waals surface area contributed by atoms with Crippen LogP contribution in [0, 0.1) is 0 Å². The molecule has 0 unspecified atom stereocenters. The predicted octanol–water partition coefficient (Wildman–Crippen LogP) is 2.35. The van der Waals surface area contributed by atoms with Gasteiger partial charge in [-0.15, -0.1) is 0 Å². The second-order valence-electron chi connectivity index (χ2n) is 4.82. The highest BCUT2D eigenvalue weighted by molar-refractivity contribution is 5.43. The van der Waals surface area contributed by atoms with Crippen LogP contribution in [0.1, 0.15) is 58.7 Å². The topological polar surface area (TPSA) is 52.9 Å². The molecule has 2 N–H and O–H groups in total. The van der Waals surface area contributed by atoms with Gasteiger partial charge in [-0.3, -0.25) is 9.48 Å². The largest absolute Gasteiger partial charge is 0.393 e. The lowest BCUT2D eigenvalue weighted by atomic mass is 10.1. The van der Waals surface area contributed by atoms with E-state index in [1.54, 1.807) is 4.68 Å². The van der Waals surface area contributed by atoms with E-state index in [0.717, 1.165) is 18.7 Å². The molecule has 1 aromatic heterocycles. The molecule has 0 saturated heterocycles. The molecule has 0 aromatic carbocycles. The molecule has 4 nitrogen and oxygen atoms in total. The number of rotatable bonds is 4. The molecular weight excluding hydrogens is 202 g/mol. The third-order valence-corrected chi connectivity index (χ3v) is 2.72. The summed E-state index contributed by atoms with van der Waals surface area (Å²) in [7, 11) is 0. The van der Waals surface area contributed by atoms with Gasteiger partial charge in [0.1, 0.15) is 5.69 Å². The Bertz CT molecular complexity index is 413.